The zero-order valence-corrected chi connectivity index (χ0v) is 16.3. The Bertz CT molecular complexity index is 412. The molecular formula is C18H34O4Si. The normalized spacial score (nSPS) is 23.2. The minimum absolute atomic E-state index is 0.211. The molecule has 23 heavy (non-hydrogen) atoms. The van der Waals surface area contributed by atoms with Gasteiger partial charge in [0.2, 0.25) is 0 Å². The van der Waals surface area contributed by atoms with Gasteiger partial charge in [-0.2, -0.15) is 0 Å². The quantitative estimate of drug-likeness (QED) is 0.354. The number of unbranched alkanes of at least 4 members (excludes halogenated alkanes) is 1. The van der Waals surface area contributed by atoms with Gasteiger partial charge in [-0.3, -0.25) is 4.79 Å². The first-order valence-electron chi connectivity index (χ1n) is 8.73. The van der Waals surface area contributed by atoms with Gasteiger partial charge < -0.3 is 14.6 Å². The van der Waals surface area contributed by atoms with E-state index in [0.29, 0.717) is 24.7 Å². The summed E-state index contributed by atoms with van der Waals surface area (Å²) in [5, 5.41) is 19.0. The predicted octanol–water partition coefficient (Wildman–Crippen LogP) is 4.21. The first-order valence-corrected chi connectivity index (χ1v) is 11.6. The lowest BCUT2D eigenvalue weighted by Gasteiger charge is -2.36. The third-order valence-corrected chi connectivity index (χ3v) is 9.74. The molecule has 1 aliphatic carbocycles. The predicted molar refractivity (Wildman–Crippen MR) is 96.0 cm³/mol. The fraction of sp³-hybridized carbons (Fsp3) is 0.833. The number of aliphatic hydroxyl groups excluding tert-OH is 1. The lowest BCUT2D eigenvalue weighted by molar-refractivity contribution is -0.137. The third kappa shape index (κ3) is 7.19. The summed E-state index contributed by atoms with van der Waals surface area (Å²) in [6.45, 7) is 12.0. The van der Waals surface area contributed by atoms with Crippen LogP contribution in [0.4, 0.5) is 0 Å². The van der Waals surface area contributed by atoms with Crippen molar-refractivity contribution in [3.8, 4) is 0 Å². The second kappa shape index (κ2) is 8.45. The Morgan fingerprint density at radius 3 is 2.57 bits per heavy atom. The molecule has 1 fully saturated rings. The molecule has 0 aliphatic heterocycles. The number of aliphatic hydroxyl groups is 1. The maximum atomic E-state index is 10.4. The number of hydrogen-bond acceptors (Lipinski definition) is 3. The zero-order chi connectivity index (χ0) is 17.7. The lowest BCUT2D eigenvalue weighted by atomic mass is 10.1. The summed E-state index contributed by atoms with van der Waals surface area (Å²) in [4.78, 5) is 10.4. The fourth-order valence-corrected chi connectivity index (χ4v) is 3.43. The topological polar surface area (TPSA) is 66.8 Å². The van der Waals surface area contributed by atoms with Crippen molar-refractivity contribution in [1.82, 2.24) is 0 Å². The molecule has 3 atom stereocenters. The van der Waals surface area contributed by atoms with Crippen molar-refractivity contribution in [3.63, 3.8) is 0 Å². The number of carboxylic acid groups (broad SMARTS) is 1. The van der Waals surface area contributed by atoms with Crippen molar-refractivity contribution in [2.45, 2.75) is 77.1 Å². The molecule has 0 heterocycles. The number of hydrogen-bond donors (Lipinski definition) is 2. The molecule has 0 radical (unpaired) electrons. The van der Waals surface area contributed by atoms with E-state index in [1.54, 1.807) is 0 Å². The van der Waals surface area contributed by atoms with E-state index in [0.717, 1.165) is 19.4 Å². The molecular weight excluding hydrogens is 308 g/mol. The van der Waals surface area contributed by atoms with Crippen LogP contribution in [0.2, 0.25) is 18.1 Å². The van der Waals surface area contributed by atoms with E-state index >= 15 is 0 Å². The Balaban J connectivity index is 2.20. The van der Waals surface area contributed by atoms with E-state index in [9.17, 15) is 9.90 Å². The minimum Gasteiger partial charge on any atom is -0.481 e. The van der Waals surface area contributed by atoms with Crippen LogP contribution in [-0.2, 0) is 9.22 Å². The maximum Gasteiger partial charge on any atom is 0.303 e. The summed E-state index contributed by atoms with van der Waals surface area (Å²) in [6.07, 6.45) is 7.03. The third-order valence-electron chi connectivity index (χ3n) is 5.24. The van der Waals surface area contributed by atoms with Gasteiger partial charge in [0.15, 0.2) is 8.32 Å². The van der Waals surface area contributed by atoms with Crippen LogP contribution >= 0.6 is 0 Å². The van der Waals surface area contributed by atoms with Crippen LogP contribution in [0, 0.1) is 11.8 Å². The zero-order valence-electron chi connectivity index (χ0n) is 15.3. The number of allylic oxidation sites excluding steroid dienone is 1. The molecule has 5 heteroatoms. The monoisotopic (exact) mass is 342 g/mol. The number of carbonyl (C=O) groups is 1. The number of rotatable bonds is 10. The smallest absolute Gasteiger partial charge is 0.303 e. The van der Waals surface area contributed by atoms with E-state index < -0.39 is 14.3 Å². The SMILES string of the molecule is CC(C)(C)[Si](C)(C)OC[C@@H]1C[C@H]1[C@@H](O)C/C=C/CCCC(=O)O. The van der Waals surface area contributed by atoms with Gasteiger partial charge in [0.1, 0.15) is 0 Å². The number of aliphatic carboxylic acids is 1. The van der Waals surface area contributed by atoms with Gasteiger partial charge in [-0.15, -0.1) is 0 Å². The second-order valence-electron chi connectivity index (χ2n) is 8.29. The van der Waals surface area contributed by atoms with Crippen molar-refractivity contribution >= 4 is 14.3 Å². The Kier molecular flexibility index (Phi) is 7.49. The molecule has 0 aromatic carbocycles. The lowest BCUT2D eigenvalue weighted by Crippen LogP contribution is -2.41. The van der Waals surface area contributed by atoms with Crippen molar-refractivity contribution in [2.75, 3.05) is 6.61 Å². The molecule has 0 amide bonds. The highest BCUT2D eigenvalue weighted by molar-refractivity contribution is 6.74. The van der Waals surface area contributed by atoms with E-state index in [1.807, 2.05) is 12.2 Å². The molecule has 0 unspecified atom stereocenters. The van der Waals surface area contributed by atoms with Crippen LogP contribution in [0.5, 0.6) is 0 Å². The summed E-state index contributed by atoms with van der Waals surface area (Å²) < 4.78 is 6.23. The largest absolute Gasteiger partial charge is 0.481 e. The molecule has 134 valence electrons. The minimum atomic E-state index is -1.69. The molecule has 0 saturated heterocycles. The van der Waals surface area contributed by atoms with E-state index in [4.69, 9.17) is 9.53 Å². The van der Waals surface area contributed by atoms with Crippen LogP contribution in [-0.4, -0.2) is 37.2 Å². The second-order valence-corrected chi connectivity index (χ2v) is 13.1. The van der Waals surface area contributed by atoms with Crippen molar-refractivity contribution in [2.24, 2.45) is 11.8 Å². The van der Waals surface area contributed by atoms with Gasteiger partial charge in [0, 0.05) is 13.0 Å². The van der Waals surface area contributed by atoms with Gasteiger partial charge >= 0.3 is 5.97 Å². The highest BCUT2D eigenvalue weighted by atomic mass is 28.4. The molecule has 0 spiro atoms. The first-order chi connectivity index (χ1) is 10.5. The van der Waals surface area contributed by atoms with Crippen LogP contribution in [0.25, 0.3) is 0 Å². The highest BCUT2D eigenvalue weighted by Gasteiger charge is 2.44. The summed E-state index contributed by atoms with van der Waals surface area (Å²) in [5.41, 5.74) is 0. The Hall–Kier alpha value is -0.653. The van der Waals surface area contributed by atoms with Gasteiger partial charge in [0.25, 0.3) is 0 Å². The summed E-state index contributed by atoms with van der Waals surface area (Å²) >= 11 is 0. The standard InChI is InChI=1S/C18H34O4Si/c1-18(2,3)23(4,5)22-13-14-12-15(14)16(19)10-8-6-7-9-11-17(20)21/h6,8,14-16,19H,7,9-13H2,1-5H3,(H,20,21)/b8-6+/t14-,15+,16-/m0/s1. The van der Waals surface area contributed by atoms with Crippen LogP contribution < -0.4 is 0 Å². The van der Waals surface area contributed by atoms with Gasteiger partial charge in [-0.1, -0.05) is 32.9 Å². The van der Waals surface area contributed by atoms with E-state index in [-0.39, 0.29) is 17.6 Å². The van der Waals surface area contributed by atoms with Crippen LogP contribution in [0.1, 0.15) is 52.9 Å². The first kappa shape index (κ1) is 20.4. The summed E-state index contributed by atoms with van der Waals surface area (Å²) in [6, 6.07) is 0. The molecule has 0 aromatic heterocycles. The Morgan fingerprint density at radius 1 is 1.35 bits per heavy atom. The van der Waals surface area contributed by atoms with Crippen molar-refractivity contribution in [1.29, 1.82) is 0 Å². The molecule has 0 bridgehead atoms. The fourth-order valence-electron chi connectivity index (χ4n) is 2.37. The Morgan fingerprint density at radius 2 is 2.00 bits per heavy atom. The maximum absolute atomic E-state index is 10.4. The van der Waals surface area contributed by atoms with Crippen molar-refractivity contribution < 1.29 is 19.4 Å². The Labute approximate surface area is 142 Å². The molecule has 1 saturated carbocycles. The van der Waals surface area contributed by atoms with Gasteiger partial charge in [0.05, 0.1) is 6.10 Å². The van der Waals surface area contributed by atoms with E-state index in [2.05, 4.69) is 33.9 Å². The van der Waals surface area contributed by atoms with Gasteiger partial charge in [-0.05, 0) is 55.7 Å². The molecule has 1 aliphatic rings. The van der Waals surface area contributed by atoms with E-state index in [1.165, 1.54) is 0 Å². The van der Waals surface area contributed by atoms with Crippen molar-refractivity contribution in [3.05, 3.63) is 12.2 Å². The summed E-state index contributed by atoms with van der Waals surface area (Å²) in [7, 11) is -1.69. The molecule has 2 N–H and O–H groups in total. The molecule has 0 aromatic rings. The summed E-state index contributed by atoms with van der Waals surface area (Å²) in [5.74, 6) is 0.115. The highest BCUT2D eigenvalue weighted by Crippen LogP contribution is 2.44. The average molecular weight is 343 g/mol. The molecule has 4 nitrogen and oxygen atoms in total. The van der Waals surface area contributed by atoms with Gasteiger partial charge in [-0.25, -0.2) is 0 Å². The average Bonchev–Trinajstić information content (AvgIpc) is 3.18. The van der Waals surface area contributed by atoms with Crippen LogP contribution in [0.15, 0.2) is 12.2 Å². The number of carboxylic acids is 1. The van der Waals surface area contributed by atoms with Crippen LogP contribution in [0.3, 0.4) is 0 Å². The molecule has 1 rings (SSSR count).